The molecule has 3 heteroatoms. The van der Waals surface area contributed by atoms with Crippen molar-refractivity contribution in [1.29, 1.82) is 0 Å². The molecule has 1 rings (SSSR count). The third-order valence-corrected chi connectivity index (χ3v) is 3.15. The molecule has 0 N–H and O–H groups in total. The van der Waals surface area contributed by atoms with E-state index in [2.05, 4.69) is 0 Å². The summed E-state index contributed by atoms with van der Waals surface area (Å²) in [5, 5.41) is 0. The standard InChI is InChI=1S/C9H16ClNO/c1-9(2,6-10)11(3)8(12)7-4-5-7/h7H,4-6H2,1-3H3. The molecule has 0 saturated heterocycles. The molecule has 1 amide bonds. The topological polar surface area (TPSA) is 20.3 Å². The van der Waals surface area contributed by atoms with Crippen molar-refractivity contribution in [2.45, 2.75) is 32.2 Å². The highest BCUT2D eigenvalue weighted by Crippen LogP contribution is 2.32. The molecule has 0 spiro atoms. The first-order valence-corrected chi connectivity index (χ1v) is 4.86. The van der Waals surface area contributed by atoms with Crippen molar-refractivity contribution >= 4 is 17.5 Å². The average Bonchev–Trinajstić information content (AvgIpc) is 2.84. The number of hydrogen-bond donors (Lipinski definition) is 0. The highest BCUT2D eigenvalue weighted by atomic mass is 35.5. The molecule has 0 aromatic carbocycles. The summed E-state index contributed by atoms with van der Waals surface area (Å²) in [6, 6.07) is 0. The number of rotatable bonds is 3. The highest BCUT2D eigenvalue weighted by Gasteiger charge is 2.36. The van der Waals surface area contributed by atoms with Crippen LogP contribution < -0.4 is 0 Å². The fourth-order valence-electron chi connectivity index (χ4n) is 0.992. The van der Waals surface area contributed by atoms with Gasteiger partial charge in [-0.25, -0.2) is 0 Å². The maximum atomic E-state index is 11.6. The quantitative estimate of drug-likeness (QED) is 0.621. The van der Waals surface area contributed by atoms with E-state index in [1.165, 1.54) is 0 Å². The van der Waals surface area contributed by atoms with Crippen molar-refractivity contribution in [2.24, 2.45) is 5.92 Å². The van der Waals surface area contributed by atoms with Gasteiger partial charge in [0.2, 0.25) is 5.91 Å². The van der Waals surface area contributed by atoms with Gasteiger partial charge < -0.3 is 4.90 Å². The second-order valence-electron chi connectivity index (χ2n) is 4.12. The number of carbonyl (C=O) groups is 1. The second kappa shape index (κ2) is 3.25. The van der Waals surface area contributed by atoms with Crippen molar-refractivity contribution in [2.75, 3.05) is 12.9 Å². The van der Waals surface area contributed by atoms with Crippen LogP contribution in [0.25, 0.3) is 0 Å². The molecule has 0 heterocycles. The maximum Gasteiger partial charge on any atom is 0.225 e. The lowest BCUT2D eigenvalue weighted by Crippen LogP contribution is -2.47. The van der Waals surface area contributed by atoms with Gasteiger partial charge in [-0.05, 0) is 26.7 Å². The fourth-order valence-corrected chi connectivity index (χ4v) is 1.17. The minimum absolute atomic E-state index is 0.207. The fraction of sp³-hybridized carbons (Fsp3) is 0.889. The monoisotopic (exact) mass is 189 g/mol. The van der Waals surface area contributed by atoms with Crippen LogP contribution in [0.15, 0.2) is 0 Å². The maximum absolute atomic E-state index is 11.6. The van der Waals surface area contributed by atoms with Gasteiger partial charge in [0.1, 0.15) is 0 Å². The molecule has 1 saturated carbocycles. The molecule has 2 nitrogen and oxygen atoms in total. The van der Waals surface area contributed by atoms with Crippen LogP contribution in [0.3, 0.4) is 0 Å². The Kier molecular flexibility index (Phi) is 2.67. The van der Waals surface area contributed by atoms with E-state index in [-0.39, 0.29) is 17.4 Å². The van der Waals surface area contributed by atoms with Gasteiger partial charge in [-0.2, -0.15) is 0 Å². The molecule has 0 aliphatic heterocycles. The Hall–Kier alpha value is -0.240. The van der Waals surface area contributed by atoms with Crippen molar-refractivity contribution in [3.63, 3.8) is 0 Å². The number of halogens is 1. The van der Waals surface area contributed by atoms with Crippen LogP contribution in [0.1, 0.15) is 26.7 Å². The summed E-state index contributed by atoms with van der Waals surface area (Å²) >= 11 is 5.76. The molecule has 0 aromatic rings. The predicted molar refractivity (Wildman–Crippen MR) is 50.3 cm³/mol. The second-order valence-corrected chi connectivity index (χ2v) is 4.38. The Morgan fingerprint density at radius 1 is 1.58 bits per heavy atom. The summed E-state index contributed by atoms with van der Waals surface area (Å²) in [5.41, 5.74) is -0.207. The van der Waals surface area contributed by atoms with Crippen LogP contribution in [-0.4, -0.2) is 29.3 Å². The van der Waals surface area contributed by atoms with E-state index in [9.17, 15) is 4.79 Å². The lowest BCUT2D eigenvalue weighted by atomic mass is 10.1. The molecular weight excluding hydrogens is 174 g/mol. The molecule has 12 heavy (non-hydrogen) atoms. The van der Waals surface area contributed by atoms with Crippen molar-refractivity contribution in [1.82, 2.24) is 4.90 Å². The van der Waals surface area contributed by atoms with Crippen molar-refractivity contribution in [3.05, 3.63) is 0 Å². The zero-order chi connectivity index (χ0) is 9.35. The molecule has 1 aliphatic carbocycles. The third kappa shape index (κ3) is 1.92. The zero-order valence-electron chi connectivity index (χ0n) is 7.93. The lowest BCUT2D eigenvalue weighted by molar-refractivity contribution is -0.135. The minimum atomic E-state index is -0.207. The summed E-state index contributed by atoms with van der Waals surface area (Å²) in [5.74, 6) is 1.03. The molecule has 0 unspecified atom stereocenters. The largest absolute Gasteiger partial charge is 0.339 e. The van der Waals surface area contributed by atoms with E-state index in [1.807, 2.05) is 20.9 Å². The molecule has 0 aromatic heterocycles. The Bertz CT molecular complexity index is 187. The Morgan fingerprint density at radius 3 is 2.42 bits per heavy atom. The van der Waals surface area contributed by atoms with Gasteiger partial charge in [0.05, 0.1) is 5.54 Å². The van der Waals surface area contributed by atoms with Gasteiger partial charge in [0, 0.05) is 18.8 Å². The Morgan fingerprint density at radius 2 is 2.08 bits per heavy atom. The van der Waals surface area contributed by atoms with Crippen LogP contribution in [0.4, 0.5) is 0 Å². The van der Waals surface area contributed by atoms with Gasteiger partial charge >= 0.3 is 0 Å². The number of carbonyl (C=O) groups excluding carboxylic acids is 1. The number of amides is 1. The first-order valence-electron chi connectivity index (χ1n) is 4.32. The van der Waals surface area contributed by atoms with E-state index in [1.54, 1.807) is 4.90 Å². The molecule has 1 aliphatic rings. The van der Waals surface area contributed by atoms with E-state index < -0.39 is 0 Å². The van der Waals surface area contributed by atoms with Crippen LogP contribution in [-0.2, 0) is 4.79 Å². The van der Waals surface area contributed by atoms with Gasteiger partial charge in [-0.1, -0.05) is 0 Å². The van der Waals surface area contributed by atoms with E-state index in [4.69, 9.17) is 11.6 Å². The van der Waals surface area contributed by atoms with E-state index in [0.29, 0.717) is 5.88 Å². The minimum Gasteiger partial charge on any atom is -0.339 e. The Balaban J connectivity index is 2.55. The van der Waals surface area contributed by atoms with Gasteiger partial charge in [-0.15, -0.1) is 11.6 Å². The molecule has 0 radical (unpaired) electrons. The van der Waals surface area contributed by atoms with Gasteiger partial charge in [0.15, 0.2) is 0 Å². The summed E-state index contributed by atoms with van der Waals surface area (Å²) in [4.78, 5) is 13.4. The molecule has 0 bridgehead atoms. The highest BCUT2D eigenvalue weighted by molar-refractivity contribution is 6.18. The first kappa shape index (κ1) is 9.85. The normalized spacial score (nSPS) is 17.7. The summed E-state index contributed by atoms with van der Waals surface area (Å²) in [6.45, 7) is 3.97. The van der Waals surface area contributed by atoms with Gasteiger partial charge in [0.25, 0.3) is 0 Å². The SMILES string of the molecule is CN(C(=O)C1CC1)C(C)(C)CCl. The summed E-state index contributed by atoms with van der Waals surface area (Å²) in [6.07, 6.45) is 2.11. The first-order chi connectivity index (χ1) is 5.49. The summed E-state index contributed by atoms with van der Waals surface area (Å²) < 4.78 is 0. The number of alkyl halides is 1. The average molecular weight is 190 g/mol. The zero-order valence-corrected chi connectivity index (χ0v) is 8.69. The smallest absolute Gasteiger partial charge is 0.225 e. The van der Waals surface area contributed by atoms with Crippen LogP contribution in [0.2, 0.25) is 0 Å². The van der Waals surface area contributed by atoms with E-state index in [0.717, 1.165) is 12.8 Å². The molecule has 0 atom stereocenters. The molecule has 1 fully saturated rings. The lowest BCUT2D eigenvalue weighted by Gasteiger charge is -2.34. The number of nitrogens with zero attached hydrogens (tertiary/aromatic N) is 1. The third-order valence-electron chi connectivity index (χ3n) is 2.49. The summed E-state index contributed by atoms with van der Waals surface area (Å²) in [7, 11) is 1.84. The van der Waals surface area contributed by atoms with Gasteiger partial charge in [-0.3, -0.25) is 4.79 Å². The molecular formula is C9H16ClNO. The molecule has 70 valence electrons. The van der Waals surface area contributed by atoms with E-state index >= 15 is 0 Å². The predicted octanol–water partition coefficient (Wildman–Crippen LogP) is 1.87. The van der Waals surface area contributed by atoms with Crippen molar-refractivity contribution < 1.29 is 4.79 Å². The van der Waals surface area contributed by atoms with Crippen LogP contribution in [0.5, 0.6) is 0 Å². The van der Waals surface area contributed by atoms with Crippen molar-refractivity contribution in [3.8, 4) is 0 Å². The van der Waals surface area contributed by atoms with Crippen LogP contribution >= 0.6 is 11.6 Å². The van der Waals surface area contributed by atoms with Crippen LogP contribution in [0, 0.1) is 5.92 Å². The Labute approximate surface area is 78.9 Å². The number of hydrogen-bond acceptors (Lipinski definition) is 1.